The van der Waals surface area contributed by atoms with Gasteiger partial charge in [0.2, 0.25) is 11.6 Å². The van der Waals surface area contributed by atoms with Crippen molar-refractivity contribution in [3.63, 3.8) is 0 Å². The summed E-state index contributed by atoms with van der Waals surface area (Å²) in [5.41, 5.74) is 0.658. The molecular formula is C20H30N4O4. The lowest BCUT2D eigenvalue weighted by Crippen LogP contribution is -2.30. The highest BCUT2D eigenvalue weighted by Crippen LogP contribution is 2.39. The number of benzene rings is 1. The van der Waals surface area contributed by atoms with E-state index in [0.29, 0.717) is 42.2 Å². The van der Waals surface area contributed by atoms with Crippen molar-refractivity contribution in [1.82, 2.24) is 10.3 Å². The summed E-state index contributed by atoms with van der Waals surface area (Å²) in [7, 11) is 4.73. The fourth-order valence-electron chi connectivity index (χ4n) is 2.47. The molecule has 154 valence electrons. The first-order chi connectivity index (χ1) is 13.3. The van der Waals surface area contributed by atoms with Crippen LogP contribution in [0.2, 0.25) is 0 Å². The predicted octanol–water partition coefficient (Wildman–Crippen LogP) is 3.58. The molecule has 1 heterocycles. The molecule has 2 rings (SSSR count). The van der Waals surface area contributed by atoms with Crippen molar-refractivity contribution in [3.05, 3.63) is 30.0 Å². The first-order valence-electron chi connectivity index (χ1n) is 9.12. The Morgan fingerprint density at radius 1 is 1.11 bits per heavy atom. The fraction of sp³-hybridized carbons (Fsp3) is 0.500. The summed E-state index contributed by atoms with van der Waals surface area (Å²) in [6.07, 6.45) is 1.75. The van der Waals surface area contributed by atoms with Gasteiger partial charge in [-0.25, -0.2) is 9.98 Å². The maximum Gasteiger partial charge on any atom is 0.216 e. The molecule has 0 bridgehead atoms. The van der Waals surface area contributed by atoms with Crippen molar-refractivity contribution >= 4 is 11.6 Å². The van der Waals surface area contributed by atoms with Crippen molar-refractivity contribution in [3.8, 4) is 17.2 Å². The minimum absolute atomic E-state index is 0.0894. The van der Waals surface area contributed by atoms with Crippen molar-refractivity contribution in [2.24, 2.45) is 4.99 Å². The summed E-state index contributed by atoms with van der Waals surface area (Å²) in [5.74, 6) is 3.64. The van der Waals surface area contributed by atoms with Crippen LogP contribution in [0.5, 0.6) is 17.2 Å². The van der Waals surface area contributed by atoms with E-state index in [1.807, 2.05) is 19.1 Å². The van der Waals surface area contributed by atoms with E-state index in [1.165, 1.54) is 0 Å². The largest absolute Gasteiger partial charge is 0.493 e. The highest BCUT2D eigenvalue weighted by Gasteiger charge is 2.19. The lowest BCUT2D eigenvalue weighted by atomic mass is 9.94. The summed E-state index contributed by atoms with van der Waals surface area (Å²) in [6.45, 7) is 9.25. The Morgan fingerprint density at radius 2 is 1.75 bits per heavy atom. The van der Waals surface area contributed by atoms with Gasteiger partial charge >= 0.3 is 0 Å². The monoisotopic (exact) mass is 390 g/mol. The maximum absolute atomic E-state index is 5.80. The second kappa shape index (κ2) is 9.34. The number of hydrogen-bond acceptors (Lipinski definition) is 6. The average molecular weight is 390 g/mol. The van der Waals surface area contributed by atoms with Gasteiger partial charge in [0, 0.05) is 29.8 Å². The number of methoxy groups -OCH3 is 3. The molecule has 0 spiro atoms. The van der Waals surface area contributed by atoms with Crippen LogP contribution in [0.1, 0.15) is 39.3 Å². The van der Waals surface area contributed by atoms with Crippen molar-refractivity contribution < 1.29 is 18.6 Å². The number of nitrogens with zero attached hydrogens (tertiary/aromatic N) is 2. The van der Waals surface area contributed by atoms with Crippen LogP contribution in [0.25, 0.3) is 0 Å². The molecule has 0 aliphatic rings. The highest BCUT2D eigenvalue weighted by atomic mass is 16.5. The number of guanidine groups is 1. The molecule has 1 aromatic heterocycles. The first kappa shape index (κ1) is 21.4. The molecule has 28 heavy (non-hydrogen) atoms. The lowest BCUT2D eigenvalue weighted by molar-refractivity contribution is 0.324. The normalized spacial score (nSPS) is 11.9. The van der Waals surface area contributed by atoms with Crippen molar-refractivity contribution in [2.45, 2.75) is 39.7 Å². The molecule has 1 aromatic carbocycles. The van der Waals surface area contributed by atoms with Crippen LogP contribution in [0.3, 0.4) is 0 Å². The first-order valence-corrected chi connectivity index (χ1v) is 9.12. The molecule has 2 aromatic rings. The van der Waals surface area contributed by atoms with Gasteiger partial charge in [-0.3, -0.25) is 0 Å². The van der Waals surface area contributed by atoms with E-state index in [1.54, 1.807) is 27.5 Å². The van der Waals surface area contributed by atoms with Crippen LogP contribution in [-0.4, -0.2) is 38.8 Å². The average Bonchev–Trinajstić information content (AvgIpc) is 3.15. The zero-order chi connectivity index (χ0) is 20.7. The van der Waals surface area contributed by atoms with E-state index in [2.05, 4.69) is 41.4 Å². The molecule has 0 saturated carbocycles. The Morgan fingerprint density at radius 3 is 2.21 bits per heavy atom. The van der Waals surface area contributed by atoms with Gasteiger partial charge in [-0.1, -0.05) is 20.8 Å². The zero-order valence-electron chi connectivity index (χ0n) is 17.7. The molecule has 0 radical (unpaired) electrons. The van der Waals surface area contributed by atoms with Gasteiger partial charge in [0.1, 0.15) is 12.3 Å². The Labute approximate surface area is 166 Å². The van der Waals surface area contributed by atoms with E-state index >= 15 is 0 Å². The van der Waals surface area contributed by atoms with E-state index in [-0.39, 0.29) is 5.41 Å². The fourth-order valence-corrected chi connectivity index (χ4v) is 2.47. The van der Waals surface area contributed by atoms with Gasteiger partial charge in [-0.2, -0.15) is 0 Å². The quantitative estimate of drug-likeness (QED) is 0.552. The third kappa shape index (κ3) is 5.31. The second-order valence-electron chi connectivity index (χ2n) is 7.10. The summed E-state index contributed by atoms with van der Waals surface area (Å²) >= 11 is 0. The second-order valence-corrected chi connectivity index (χ2v) is 7.10. The van der Waals surface area contributed by atoms with E-state index < -0.39 is 0 Å². The summed E-state index contributed by atoms with van der Waals surface area (Å²) in [5, 5.41) is 6.44. The third-order valence-corrected chi connectivity index (χ3v) is 3.94. The summed E-state index contributed by atoms with van der Waals surface area (Å²) < 4.78 is 21.9. The number of anilines is 1. The van der Waals surface area contributed by atoms with Crippen LogP contribution >= 0.6 is 0 Å². The number of ether oxygens (including phenoxy) is 3. The molecule has 0 aliphatic carbocycles. The molecular weight excluding hydrogens is 360 g/mol. The van der Waals surface area contributed by atoms with Crippen LogP contribution in [0.4, 0.5) is 5.69 Å². The Bertz CT molecular complexity index is 784. The molecule has 0 unspecified atom stereocenters. The molecule has 0 atom stereocenters. The number of oxazole rings is 1. The molecule has 8 nitrogen and oxygen atoms in total. The number of nitrogens with one attached hydrogen (secondary N) is 2. The Kier molecular flexibility index (Phi) is 7.14. The molecule has 0 amide bonds. The topological polar surface area (TPSA) is 90.1 Å². The molecule has 0 saturated heterocycles. The lowest BCUT2D eigenvalue weighted by Gasteiger charge is -2.16. The van der Waals surface area contributed by atoms with Gasteiger partial charge in [0.25, 0.3) is 0 Å². The summed E-state index contributed by atoms with van der Waals surface area (Å²) in [4.78, 5) is 8.87. The van der Waals surface area contributed by atoms with Gasteiger partial charge in [-0.15, -0.1) is 0 Å². The summed E-state index contributed by atoms with van der Waals surface area (Å²) in [6, 6.07) is 3.63. The van der Waals surface area contributed by atoms with E-state index in [0.717, 1.165) is 11.4 Å². The smallest absolute Gasteiger partial charge is 0.216 e. The van der Waals surface area contributed by atoms with Crippen LogP contribution in [0, 0.1) is 0 Å². The minimum atomic E-state index is -0.0894. The maximum atomic E-state index is 5.80. The molecule has 0 aliphatic heterocycles. The number of aromatic nitrogens is 1. The number of aliphatic imine (C=N–C) groups is 1. The molecule has 0 fully saturated rings. The predicted molar refractivity (Wildman–Crippen MR) is 110 cm³/mol. The standard InChI is InChI=1S/C20H30N4O4/c1-8-21-19(23-12-17-22-11-16(28-17)20(2,3)4)24-13-9-14(25-5)18(27-7)15(10-13)26-6/h9-11H,8,12H2,1-7H3,(H2,21,23,24). The third-order valence-electron chi connectivity index (χ3n) is 3.94. The van der Waals surface area contributed by atoms with E-state index in [4.69, 9.17) is 18.6 Å². The van der Waals surface area contributed by atoms with Gasteiger partial charge in [0.15, 0.2) is 17.5 Å². The Balaban J connectivity index is 2.22. The van der Waals surface area contributed by atoms with Crippen LogP contribution in [0.15, 0.2) is 27.7 Å². The van der Waals surface area contributed by atoms with Gasteiger partial charge < -0.3 is 29.3 Å². The minimum Gasteiger partial charge on any atom is -0.493 e. The van der Waals surface area contributed by atoms with Crippen LogP contribution in [-0.2, 0) is 12.0 Å². The van der Waals surface area contributed by atoms with E-state index in [9.17, 15) is 0 Å². The zero-order valence-corrected chi connectivity index (χ0v) is 17.7. The SMILES string of the molecule is CCNC(=NCc1ncc(C(C)(C)C)o1)Nc1cc(OC)c(OC)c(OC)c1. The Hall–Kier alpha value is -2.90. The number of hydrogen-bond donors (Lipinski definition) is 2. The van der Waals surface area contributed by atoms with Crippen LogP contribution < -0.4 is 24.8 Å². The van der Waals surface area contributed by atoms with Crippen molar-refractivity contribution in [2.75, 3.05) is 33.2 Å². The van der Waals surface area contributed by atoms with Crippen molar-refractivity contribution in [1.29, 1.82) is 0 Å². The molecule has 2 N–H and O–H groups in total. The highest BCUT2D eigenvalue weighted by molar-refractivity contribution is 5.94. The van der Waals surface area contributed by atoms with Gasteiger partial charge in [0.05, 0.1) is 27.5 Å². The number of rotatable bonds is 7. The molecule has 8 heteroatoms. The van der Waals surface area contributed by atoms with Gasteiger partial charge in [-0.05, 0) is 6.92 Å².